The van der Waals surface area contributed by atoms with Crippen LogP contribution < -0.4 is 10.6 Å². The summed E-state index contributed by atoms with van der Waals surface area (Å²) in [7, 11) is 0. The van der Waals surface area contributed by atoms with Crippen molar-refractivity contribution in [3.8, 4) is 5.69 Å². The SMILES string of the molecule is Cc1cccc(NC(=O)CCN2C(=S)N[C@H](c3ccccn3)[C@H]2c2cc(C)n(-c3ccccc3Cl)c2C)c1. The first-order chi connectivity index (χ1) is 18.3. The molecule has 0 unspecified atom stereocenters. The summed E-state index contributed by atoms with van der Waals surface area (Å²) in [4.78, 5) is 19.7. The molecule has 38 heavy (non-hydrogen) atoms. The summed E-state index contributed by atoms with van der Waals surface area (Å²) < 4.78 is 2.18. The van der Waals surface area contributed by atoms with Gasteiger partial charge in [-0.1, -0.05) is 41.9 Å². The maximum Gasteiger partial charge on any atom is 0.226 e. The first-order valence-corrected chi connectivity index (χ1v) is 13.4. The quantitative estimate of drug-likeness (QED) is 0.262. The lowest BCUT2D eigenvalue weighted by molar-refractivity contribution is -0.116. The maximum absolute atomic E-state index is 12.9. The molecular weight excluding hydrogens is 514 g/mol. The van der Waals surface area contributed by atoms with Crippen LogP contribution in [0.4, 0.5) is 5.69 Å². The molecule has 1 amide bonds. The third-order valence-corrected chi connectivity index (χ3v) is 7.63. The smallest absolute Gasteiger partial charge is 0.226 e. The molecule has 1 aliphatic rings. The second-order valence-electron chi connectivity index (χ2n) is 9.60. The number of carbonyl (C=O) groups is 1. The fourth-order valence-electron chi connectivity index (χ4n) is 5.24. The number of benzene rings is 2. The first kappa shape index (κ1) is 25.9. The van der Waals surface area contributed by atoms with Crippen molar-refractivity contribution in [2.24, 2.45) is 0 Å². The van der Waals surface area contributed by atoms with Crippen molar-refractivity contribution in [3.63, 3.8) is 0 Å². The Morgan fingerprint density at radius 2 is 1.84 bits per heavy atom. The Hall–Kier alpha value is -3.68. The number of rotatable bonds is 7. The number of hydrogen-bond acceptors (Lipinski definition) is 3. The molecule has 1 aliphatic heterocycles. The van der Waals surface area contributed by atoms with Crippen LogP contribution in [-0.2, 0) is 4.79 Å². The summed E-state index contributed by atoms with van der Waals surface area (Å²) >= 11 is 12.4. The Morgan fingerprint density at radius 3 is 2.58 bits per heavy atom. The number of pyridine rings is 1. The highest BCUT2D eigenvalue weighted by molar-refractivity contribution is 7.80. The second-order valence-corrected chi connectivity index (χ2v) is 10.4. The number of para-hydroxylation sites is 1. The van der Waals surface area contributed by atoms with Crippen molar-refractivity contribution in [1.82, 2.24) is 19.8 Å². The highest BCUT2D eigenvalue weighted by Gasteiger charge is 2.41. The summed E-state index contributed by atoms with van der Waals surface area (Å²) in [5.74, 6) is -0.0556. The lowest BCUT2D eigenvalue weighted by Gasteiger charge is -2.28. The van der Waals surface area contributed by atoms with E-state index in [1.165, 1.54) is 0 Å². The van der Waals surface area contributed by atoms with Crippen LogP contribution in [-0.4, -0.2) is 32.0 Å². The molecule has 2 N–H and O–H groups in total. The number of hydrogen-bond donors (Lipinski definition) is 2. The van der Waals surface area contributed by atoms with E-state index in [0.29, 0.717) is 23.1 Å². The molecule has 0 aliphatic carbocycles. The number of amides is 1. The normalized spacial score (nSPS) is 16.9. The van der Waals surface area contributed by atoms with E-state index in [9.17, 15) is 4.79 Å². The summed E-state index contributed by atoms with van der Waals surface area (Å²) in [5, 5.41) is 7.79. The summed E-state index contributed by atoms with van der Waals surface area (Å²) in [6.45, 7) is 6.65. The van der Waals surface area contributed by atoms with Gasteiger partial charge in [0, 0.05) is 36.2 Å². The molecule has 0 radical (unpaired) electrons. The van der Waals surface area contributed by atoms with Gasteiger partial charge in [-0.3, -0.25) is 9.78 Å². The van der Waals surface area contributed by atoms with E-state index in [-0.39, 0.29) is 18.0 Å². The van der Waals surface area contributed by atoms with Crippen molar-refractivity contribution in [1.29, 1.82) is 0 Å². The van der Waals surface area contributed by atoms with E-state index in [2.05, 4.69) is 45.0 Å². The predicted octanol–water partition coefficient (Wildman–Crippen LogP) is 6.45. The summed E-state index contributed by atoms with van der Waals surface area (Å²) in [6.07, 6.45) is 2.09. The molecule has 8 heteroatoms. The number of nitrogens with zero attached hydrogens (tertiary/aromatic N) is 3. The molecular formula is C30H30ClN5OS. The number of carbonyl (C=O) groups excluding carboxylic acids is 1. The van der Waals surface area contributed by atoms with Crippen LogP contribution >= 0.6 is 23.8 Å². The highest BCUT2D eigenvalue weighted by Crippen LogP contribution is 2.41. The average molecular weight is 544 g/mol. The number of thiocarbonyl (C=S) groups is 1. The van der Waals surface area contributed by atoms with Crippen LogP contribution in [0.5, 0.6) is 0 Å². The van der Waals surface area contributed by atoms with Gasteiger partial charge in [-0.05, 0) is 86.6 Å². The van der Waals surface area contributed by atoms with E-state index in [1.807, 2.05) is 73.7 Å². The Kier molecular flexibility index (Phi) is 7.49. The average Bonchev–Trinajstić information content (AvgIpc) is 3.38. The van der Waals surface area contributed by atoms with E-state index in [1.54, 1.807) is 6.20 Å². The van der Waals surface area contributed by atoms with Crippen molar-refractivity contribution in [2.45, 2.75) is 39.3 Å². The first-order valence-electron chi connectivity index (χ1n) is 12.6. The van der Waals surface area contributed by atoms with Gasteiger partial charge in [0.2, 0.25) is 5.91 Å². The number of aryl methyl sites for hydroxylation is 2. The molecule has 194 valence electrons. The van der Waals surface area contributed by atoms with Gasteiger partial charge in [0.25, 0.3) is 0 Å². The molecule has 6 nitrogen and oxygen atoms in total. The van der Waals surface area contributed by atoms with Crippen LogP contribution in [0.25, 0.3) is 5.69 Å². The molecule has 2 aromatic heterocycles. The summed E-state index contributed by atoms with van der Waals surface area (Å²) in [5.41, 5.74) is 6.98. The molecule has 2 aromatic carbocycles. The largest absolute Gasteiger partial charge is 0.352 e. The van der Waals surface area contributed by atoms with Gasteiger partial charge in [0.15, 0.2) is 5.11 Å². The van der Waals surface area contributed by atoms with Gasteiger partial charge >= 0.3 is 0 Å². The van der Waals surface area contributed by atoms with Crippen LogP contribution in [0, 0.1) is 20.8 Å². The number of aromatic nitrogens is 2. The molecule has 1 fully saturated rings. The Bertz CT molecular complexity index is 1490. The van der Waals surface area contributed by atoms with Gasteiger partial charge < -0.3 is 20.1 Å². The lowest BCUT2D eigenvalue weighted by Crippen LogP contribution is -2.32. The van der Waals surface area contributed by atoms with Crippen molar-refractivity contribution < 1.29 is 4.79 Å². The fourth-order valence-corrected chi connectivity index (χ4v) is 5.80. The third-order valence-electron chi connectivity index (χ3n) is 6.96. The van der Waals surface area contributed by atoms with Gasteiger partial charge in [0.1, 0.15) is 0 Å². The molecule has 4 aromatic rings. The minimum Gasteiger partial charge on any atom is -0.352 e. The molecule has 0 bridgehead atoms. The highest BCUT2D eigenvalue weighted by atomic mass is 35.5. The maximum atomic E-state index is 12.9. The van der Waals surface area contributed by atoms with Crippen LogP contribution in [0.2, 0.25) is 5.02 Å². The molecule has 0 saturated carbocycles. The van der Waals surface area contributed by atoms with Gasteiger partial charge in [-0.25, -0.2) is 0 Å². The van der Waals surface area contributed by atoms with Gasteiger partial charge in [-0.15, -0.1) is 0 Å². The van der Waals surface area contributed by atoms with Gasteiger partial charge in [0.05, 0.1) is 28.5 Å². The third kappa shape index (κ3) is 5.17. The Balaban J connectivity index is 1.48. The van der Waals surface area contributed by atoms with Crippen LogP contribution in [0.1, 0.15) is 46.7 Å². The topological polar surface area (TPSA) is 62.2 Å². The molecule has 1 saturated heterocycles. The minimum atomic E-state index is -0.163. The fraction of sp³-hybridized carbons (Fsp3) is 0.233. The van der Waals surface area contributed by atoms with Crippen LogP contribution in [0.3, 0.4) is 0 Å². The number of anilines is 1. The van der Waals surface area contributed by atoms with Crippen LogP contribution in [0.15, 0.2) is 79.0 Å². The van der Waals surface area contributed by atoms with Crippen molar-refractivity contribution in [2.75, 3.05) is 11.9 Å². The predicted molar refractivity (Wildman–Crippen MR) is 157 cm³/mol. The second kappa shape index (κ2) is 11.0. The Labute approximate surface area is 233 Å². The van der Waals surface area contributed by atoms with Crippen molar-refractivity contribution in [3.05, 3.63) is 112 Å². The van der Waals surface area contributed by atoms with E-state index < -0.39 is 0 Å². The molecule has 2 atom stereocenters. The van der Waals surface area contributed by atoms with E-state index in [0.717, 1.165) is 39.6 Å². The monoisotopic (exact) mass is 543 g/mol. The molecule has 0 spiro atoms. The van der Waals surface area contributed by atoms with E-state index >= 15 is 0 Å². The zero-order valence-electron chi connectivity index (χ0n) is 21.6. The minimum absolute atomic E-state index is 0.0556. The van der Waals surface area contributed by atoms with Crippen molar-refractivity contribution >= 4 is 40.5 Å². The summed E-state index contributed by atoms with van der Waals surface area (Å²) in [6, 6.07) is 23.4. The van der Waals surface area contributed by atoms with Gasteiger partial charge in [-0.2, -0.15) is 0 Å². The number of halogens is 1. The zero-order valence-corrected chi connectivity index (χ0v) is 23.2. The molecule has 3 heterocycles. The number of nitrogens with one attached hydrogen (secondary N) is 2. The lowest BCUT2D eigenvalue weighted by atomic mass is 9.96. The zero-order chi connectivity index (χ0) is 26.8. The molecule has 5 rings (SSSR count). The Morgan fingerprint density at radius 1 is 1.05 bits per heavy atom. The standard InChI is InChI=1S/C30H30ClN5OS/c1-19-9-8-10-22(17-19)33-27(37)14-16-35-29(28(34-30(35)38)25-12-6-7-15-32-25)23-18-20(2)36(21(23)3)26-13-5-4-11-24(26)31/h4-13,15,17-18,28-29H,14,16H2,1-3H3,(H,33,37)(H,34,38)/t28-,29-/m1/s1. The van der Waals surface area contributed by atoms with E-state index in [4.69, 9.17) is 23.8 Å².